The quantitative estimate of drug-likeness (QED) is 0.487. The predicted octanol–water partition coefficient (Wildman–Crippen LogP) is 2.62. The first-order valence-electron chi connectivity index (χ1n) is 7.60. The van der Waals surface area contributed by atoms with E-state index in [2.05, 4.69) is 31.9 Å². The Labute approximate surface area is 161 Å². The van der Waals surface area contributed by atoms with Crippen LogP contribution in [0, 0.1) is 10.1 Å². The second kappa shape index (κ2) is 7.79. The number of rotatable bonds is 4. The van der Waals surface area contributed by atoms with Crippen molar-refractivity contribution in [2.45, 2.75) is 0 Å². The number of hydrazine groups is 1. The number of hydrogen-bond donors (Lipinski definition) is 2. The van der Waals surface area contributed by atoms with Gasteiger partial charge >= 0.3 is 0 Å². The Morgan fingerprint density at radius 3 is 2.15 bits per heavy atom. The van der Waals surface area contributed by atoms with Gasteiger partial charge < -0.3 is 0 Å². The van der Waals surface area contributed by atoms with Crippen LogP contribution >= 0.6 is 15.9 Å². The van der Waals surface area contributed by atoms with Gasteiger partial charge in [-0.2, -0.15) is 5.10 Å². The third-order valence-electron chi connectivity index (χ3n) is 3.57. The normalized spacial score (nSPS) is 10.3. The number of nitrogens with one attached hydrogen (secondary N) is 2. The topological polar surface area (TPSA) is 119 Å². The fourth-order valence-electron chi connectivity index (χ4n) is 2.17. The van der Waals surface area contributed by atoms with E-state index in [9.17, 15) is 19.7 Å². The van der Waals surface area contributed by atoms with Crippen LogP contribution in [0.25, 0.3) is 5.69 Å². The van der Waals surface area contributed by atoms with Gasteiger partial charge in [0.2, 0.25) is 0 Å². The number of non-ortho nitro benzene ring substituents is 1. The average molecular weight is 430 g/mol. The van der Waals surface area contributed by atoms with Gasteiger partial charge in [0.15, 0.2) is 0 Å². The second-order valence-electron chi connectivity index (χ2n) is 5.36. The number of halogens is 1. The lowest BCUT2D eigenvalue weighted by atomic mass is 10.2. The first-order chi connectivity index (χ1) is 12.9. The van der Waals surface area contributed by atoms with E-state index in [0.29, 0.717) is 11.3 Å². The van der Waals surface area contributed by atoms with E-state index in [1.54, 1.807) is 24.3 Å². The summed E-state index contributed by atoms with van der Waals surface area (Å²) in [7, 11) is 0. The zero-order valence-corrected chi connectivity index (χ0v) is 15.2. The number of hydrogen-bond acceptors (Lipinski definition) is 5. The van der Waals surface area contributed by atoms with E-state index in [1.807, 2.05) is 0 Å². The standard InChI is InChI=1S/C17H12BrN5O4/c18-13-3-1-11(2-4-13)16(24)20-21-17(25)12-9-19-22(10-12)14-5-7-15(8-6-14)23(26)27/h1-10H,(H,20,24)(H,21,25). The van der Waals surface area contributed by atoms with Gasteiger partial charge in [0.25, 0.3) is 17.5 Å². The molecule has 0 bridgehead atoms. The highest BCUT2D eigenvalue weighted by atomic mass is 79.9. The summed E-state index contributed by atoms with van der Waals surface area (Å²) in [6.07, 6.45) is 2.77. The minimum Gasteiger partial charge on any atom is -0.267 e. The summed E-state index contributed by atoms with van der Waals surface area (Å²) in [5.41, 5.74) is 5.74. The van der Waals surface area contributed by atoms with E-state index in [4.69, 9.17) is 0 Å². The maximum absolute atomic E-state index is 12.1. The molecule has 0 saturated heterocycles. The van der Waals surface area contributed by atoms with Crippen LogP contribution in [0.15, 0.2) is 65.4 Å². The van der Waals surface area contributed by atoms with Gasteiger partial charge in [0.05, 0.1) is 22.4 Å². The van der Waals surface area contributed by atoms with Gasteiger partial charge in [-0.3, -0.25) is 30.6 Å². The van der Waals surface area contributed by atoms with Gasteiger partial charge in [-0.25, -0.2) is 4.68 Å². The van der Waals surface area contributed by atoms with Crippen LogP contribution in [0.1, 0.15) is 20.7 Å². The van der Waals surface area contributed by atoms with E-state index in [-0.39, 0.29) is 11.3 Å². The van der Waals surface area contributed by atoms with Crippen molar-refractivity contribution < 1.29 is 14.5 Å². The van der Waals surface area contributed by atoms with Gasteiger partial charge in [-0.05, 0) is 36.4 Å². The predicted molar refractivity (Wildman–Crippen MR) is 99.3 cm³/mol. The molecule has 10 heteroatoms. The summed E-state index contributed by atoms with van der Waals surface area (Å²) >= 11 is 3.28. The maximum atomic E-state index is 12.1. The first-order valence-corrected chi connectivity index (χ1v) is 8.39. The molecule has 1 heterocycles. The Kier molecular flexibility index (Phi) is 5.27. The summed E-state index contributed by atoms with van der Waals surface area (Å²) in [4.78, 5) is 34.3. The highest BCUT2D eigenvalue weighted by Gasteiger charge is 2.12. The molecule has 0 spiro atoms. The molecule has 0 radical (unpaired) electrons. The number of carbonyl (C=O) groups excluding carboxylic acids is 2. The Hall–Kier alpha value is -3.53. The lowest BCUT2D eigenvalue weighted by Crippen LogP contribution is -2.41. The summed E-state index contributed by atoms with van der Waals surface area (Å²) in [5, 5.41) is 14.7. The lowest BCUT2D eigenvalue weighted by molar-refractivity contribution is -0.384. The Balaban J connectivity index is 1.63. The van der Waals surface area contributed by atoms with Crippen molar-refractivity contribution in [3.63, 3.8) is 0 Å². The van der Waals surface area contributed by atoms with Gasteiger partial charge in [-0.15, -0.1) is 0 Å². The monoisotopic (exact) mass is 429 g/mol. The highest BCUT2D eigenvalue weighted by molar-refractivity contribution is 9.10. The zero-order chi connectivity index (χ0) is 19.4. The highest BCUT2D eigenvalue weighted by Crippen LogP contribution is 2.15. The van der Waals surface area contributed by atoms with Crippen molar-refractivity contribution in [3.8, 4) is 5.69 Å². The number of nitro groups is 1. The molecule has 0 aliphatic carbocycles. The van der Waals surface area contributed by atoms with Crippen molar-refractivity contribution in [3.05, 3.63) is 86.6 Å². The minimum atomic E-state index is -0.548. The van der Waals surface area contributed by atoms with Gasteiger partial charge in [-0.1, -0.05) is 15.9 Å². The summed E-state index contributed by atoms with van der Waals surface area (Å²) in [6, 6.07) is 12.4. The molecule has 2 amide bonds. The number of nitro benzene ring substituents is 1. The molecule has 0 saturated carbocycles. The molecule has 0 aliphatic rings. The molecule has 9 nitrogen and oxygen atoms in total. The molecule has 27 heavy (non-hydrogen) atoms. The fourth-order valence-corrected chi connectivity index (χ4v) is 2.43. The van der Waals surface area contributed by atoms with Gasteiger partial charge in [0.1, 0.15) is 0 Å². The second-order valence-corrected chi connectivity index (χ2v) is 6.28. The summed E-state index contributed by atoms with van der Waals surface area (Å²) in [6.45, 7) is 0. The number of amides is 2. The fraction of sp³-hybridized carbons (Fsp3) is 0. The smallest absolute Gasteiger partial charge is 0.267 e. The molecule has 2 N–H and O–H groups in total. The number of carbonyl (C=O) groups is 2. The molecule has 136 valence electrons. The molecular weight excluding hydrogens is 418 g/mol. The Morgan fingerprint density at radius 2 is 1.56 bits per heavy atom. The maximum Gasteiger partial charge on any atom is 0.272 e. The molecule has 1 aromatic heterocycles. The van der Waals surface area contributed by atoms with Crippen molar-refractivity contribution in [2.24, 2.45) is 0 Å². The van der Waals surface area contributed by atoms with E-state index >= 15 is 0 Å². The summed E-state index contributed by atoms with van der Waals surface area (Å²) in [5.74, 6) is -1.01. The number of benzene rings is 2. The van der Waals surface area contributed by atoms with Crippen LogP contribution in [-0.4, -0.2) is 26.5 Å². The van der Waals surface area contributed by atoms with Crippen LogP contribution < -0.4 is 10.9 Å². The third kappa shape index (κ3) is 4.36. The third-order valence-corrected chi connectivity index (χ3v) is 4.09. The van der Waals surface area contributed by atoms with Crippen LogP contribution in [-0.2, 0) is 0 Å². The van der Waals surface area contributed by atoms with E-state index in [1.165, 1.54) is 41.3 Å². The Morgan fingerprint density at radius 1 is 0.963 bits per heavy atom. The molecule has 0 aliphatic heterocycles. The zero-order valence-electron chi connectivity index (χ0n) is 13.6. The minimum absolute atomic E-state index is 0.0421. The van der Waals surface area contributed by atoms with E-state index < -0.39 is 16.7 Å². The number of nitrogens with zero attached hydrogens (tertiary/aromatic N) is 3. The molecule has 3 aromatic rings. The van der Waals surface area contributed by atoms with Crippen molar-refractivity contribution in [1.29, 1.82) is 0 Å². The van der Waals surface area contributed by atoms with Crippen molar-refractivity contribution in [1.82, 2.24) is 20.6 Å². The molecule has 0 atom stereocenters. The van der Waals surface area contributed by atoms with Crippen LogP contribution in [0.3, 0.4) is 0 Å². The Bertz CT molecular complexity index is 999. The largest absolute Gasteiger partial charge is 0.272 e. The summed E-state index contributed by atoms with van der Waals surface area (Å²) < 4.78 is 2.23. The first kappa shape index (κ1) is 18.3. The van der Waals surface area contributed by atoms with Crippen LogP contribution in [0.5, 0.6) is 0 Å². The lowest BCUT2D eigenvalue weighted by Gasteiger charge is -2.06. The molecule has 2 aromatic carbocycles. The molecular formula is C17H12BrN5O4. The SMILES string of the molecule is O=C(NNC(=O)c1cnn(-c2ccc([N+](=O)[O-])cc2)c1)c1ccc(Br)cc1. The molecule has 3 rings (SSSR count). The average Bonchev–Trinajstić information content (AvgIpc) is 3.17. The van der Waals surface area contributed by atoms with Crippen LogP contribution in [0.2, 0.25) is 0 Å². The van der Waals surface area contributed by atoms with Gasteiger partial charge in [0, 0.05) is 28.4 Å². The number of aromatic nitrogens is 2. The molecule has 0 fully saturated rings. The van der Waals surface area contributed by atoms with E-state index in [0.717, 1.165) is 4.47 Å². The van der Waals surface area contributed by atoms with Crippen molar-refractivity contribution >= 4 is 33.4 Å². The van der Waals surface area contributed by atoms with Crippen LogP contribution in [0.4, 0.5) is 5.69 Å². The molecule has 0 unspecified atom stereocenters. The van der Waals surface area contributed by atoms with Crippen molar-refractivity contribution in [2.75, 3.05) is 0 Å².